The van der Waals surface area contributed by atoms with Crippen molar-refractivity contribution in [2.75, 3.05) is 6.61 Å². The Hall–Kier alpha value is -1.84. The molecule has 0 bridgehead atoms. The zero-order valence-electron chi connectivity index (χ0n) is 10.3. The van der Waals surface area contributed by atoms with Gasteiger partial charge in [-0.3, -0.25) is 9.59 Å². The summed E-state index contributed by atoms with van der Waals surface area (Å²) in [4.78, 5) is 23.6. The van der Waals surface area contributed by atoms with E-state index >= 15 is 0 Å². The molecule has 0 spiro atoms. The third-order valence-electron chi connectivity index (χ3n) is 3.02. The number of hydrogen-bond donors (Lipinski definition) is 0. The lowest BCUT2D eigenvalue weighted by molar-refractivity contribution is -0.165. The largest absolute Gasteiger partial charge is 0.465 e. The van der Waals surface area contributed by atoms with Crippen LogP contribution in [0.25, 0.3) is 0 Å². The molecule has 1 aliphatic rings. The van der Waals surface area contributed by atoms with E-state index in [9.17, 15) is 9.59 Å². The Morgan fingerprint density at radius 3 is 2.28 bits per heavy atom. The molecule has 1 aromatic carbocycles. The molecule has 1 aromatic rings. The molecule has 0 aromatic heterocycles. The zero-order valence-corrected chi connectivity index (χ0v) is 10.3. The summed E-state index contributed by atoms with van der Waals surface area (Å²) in [6.45, 7) is 2.21. The SMILES string of the molecule is CCOC(=O)C1(C(=O)OCc2ccccc2)CC1. The number of esters is 2. The van der Waals surface area contributed by atoms with Crippen molar-refractivity contribution in [3.8, 4) is 0 Å². The smallest absolute Gasteiger partial charge is 0.323 e. The third-order valence-corrected chi connectivity index (χ3v) is 3.02. The molecule has 4 nitrogen and oxygen atoms in total. The number of hydrogen-bond acceptors (Lipinski definition) is 4. The van der Waals surface area contributed by atoms with Gasteiger partial charge in [-0.1, -0.05) is 30.3 Å². The second-order valence-corrected chi connectivity index (χ2v) is 4.36. The first kappa shape index (κ1) is 12.6. The molecule has 0 amide bonds. The highest BCUT2D eigenvalue weighted by Gasteiger charge is 2.59. The highest BCUT2D eigenvalue weighted by Crippen LogP contribution is 2.48. The molecule has 18 heavy (non-hydrogen) atoms. The van der Waals surface area contributed by atoms with Gasteiger partial charge in [0.15, 0.2) is 5.41 Å². The Morgan fingerprint density at radius 1 is 1.11 bits per heavy atom. The van der Waals surface area contributed by atoms with E-state index in [0.717, 1.165) is 5.56 Å². The van der Waals surface area contributed by atoms with Gasteiger partial charge in [0.25, 0.3) is 0 Å². The number of rotatable bonds is 5. The fourth-order valence-electron chi connectivity index (χ4n) is 1.75. The number of carbonyl (C=O) groups excluding carboxylic acids is 2. The van der Waals surface area contributed by atoms with Crippen molar-refractivity contribution in [2.45, 2.75) is 26.4 Å². The van der Waals surface area contributed by atoms with Crippen molar-refractivity contribution in [2.24, 2.45) is 5.41 Å². The highest BCUT2D eigenvalue weighted by atomic mass is 16.6. The van der Waals surface area contributed by atoms with Gasteiger partial charge in [-0.05, 0) is 25.3 Å². The van der Waals surface area contributed by atoms with E-state index in [1.807, 2.05) is 30.3 Å². The topological polar surface area (TPSA) is 52.6 Å². The van der Waals surface area contributed by atoms with Gasteiger partial charge in [0.05, 0.1) is 6.61 Å². The van der Waals surface area contributed by atoms with Crippen LogP contribution in [-0.4, -0.2) is 18.5 Å². The molecule has 0 atom stereocenters. The predicted molar refractivity (Wildman–Crippen MR) is 64.5 cm³/mol. The Balaban J connectivity index is 1.91. The molecule has 0 aliphatic heterocycles. The fraction of sp³-hybridized carbons (Fsp3) is 0.429. The summed E-state index contributed by atoms with van der Waals surface area (Å²) in [6.07, 6.45) is 1.05. The fourth-order valence-corrected chi connectivity index (χ4v) is 1.75. The second kappa shape index (κ2) is 5.21. The molecule has 96 valence electrons. The Morgan fingerprint density at radius 2 is 1.72 bits per heavy atom. The van der Waals surface area contributed by atoms with Crippen molar-refractivity contribution in [3.05, 3.63) is 35.9 Å². The molecule has 4 heteroatoms. The van der Waals surface area contributed by atoms with Crippen molar-refractivity contribution >= 4 is 11.9 Å². The van der Waals surface area contributed by atoms with Gasteiger partial charge in [0, 0.05) is 0 Å². The minimum atomic E-state index is -1.02. The third kappa shape index (κ3) is 2.53. The van der Waals surface area contributed by atoms with Gasteiger partial charge in [0.2, 0.25) is 0 Å². The van der Waals surface area contributed by atoms with Gasteiger partial charge in [-0.25, -0.2) is 0 Å². The van der Waals surface area contributed by atoms with Crippen LogP contribution in [0.5, 0.6) is 0 Å². The first-order valence-electron chi connectivity index (χ1n) is 6.07. The van der Waals surface area contributed by atoms with Crippen LogP contribution >= 0.6 is 0 Å². The lowest BCUT2D eigenvalue weighted by Gasteiger charge is -2.13. The van der Waals surface area contributed by atoms with E-state index in [2.05, 4.69) is 0 Å². The summed E-state index contributed by atoms with van der Waals surface area (Å²) in [5.74, 6) is -0.923. The summed E-state index contributed by atoms with van der Waals surface area (Å²) in [5.41, 5.74) is -0.115. The van der Waals surface area contributed by atoms with Gasteiger partial charge in [0.1, 0.15) is 6.61 Å². The van der Waals surface area contributed by atoms with Crippen LogP contribution in [0, 0.1) is 5.41 Å². The van der Waals surface area contributed by atoms with Gasteiger partial charge < -0.3 is 9.47 Å². The summed E-state index contributed by atoms with van der Waals surface area (Å²) in [5, 5.41) is 0. The number of benzene rings is 1. The summed E-state index contributed by atoms with van der Waals surface area (Å²) in [7, 11) is 0. The summed E-state index contributed by atoms with van der Waals surface area (Å²) >= 11 is 0. The monoisotopic (exact) mass is 248 g/mol. The van der Waals surface area contributed by atoms with Gasteiger partial charge in [-0.2, -0.15) is 0 Å². The van der Waals surface area contributed by atoms with Gasteiger partial charge in [-0.15, -0.1) is 0 Å². The van der Waals surface area contributed by atoms with Crippen molar-refractivity contribution in [1.29, 1.82) is 0 Å². The molecule has 1 aliphatic carbocycles. The first-order chi connectivity index (χ1) is 8.69. The van der Waals surface area contributed by atoms with Crippen LogP contribution in [0.2, 0.25) is 0 Å². The van der Waals surface area contributed by atoms with E-state index in [4.69, 9.17) is 9.47 Å². The maximum atomic E-state index is 11.9. The highest BCUT2D eigenvalue weighted by molar-refractivity contribution is 6.03. The lowest BCUT2D eigenvalue weighted by atomic mass is 10.1. The zero-order chi connectivity index (χ0) is 13.0. The van der Waals surface area contributed by atoms with E-state index in [1.54, 1.807) is 6.92 Å². The van der Waals surface area contributed by atoms with Crippen molar-refractivity contribution < 1.29 is 19.1 Å². The van der Waals surface area contributed by atoms with Crippen LogP contribution in [0.1, 0.15) is 25.3 Å². The minimum absolute atomic E-state index is 0.195. The lowest BCUT2D eigenvalue weighted by Crippen LogP contribution is -2.29. The first-order valence-corrected chi connectivity index (χ1v) is 6.07. The second-order valence-electron chi connectivity index (χ2n) is 4.36. The molecule has 0 unspecified atom stereocenters. The molecule has 0 heterocycles. The molecule has 1 fully saturated rings. The average molecular weight is 248 g/mol. The van der Waals surface area contributed by atoms with Gasteiger partial charge >= 0.3 is 11.9 Å². The van der Waals surface area contributed by atoms with E-state index < -0.39 is 17.4 Å². The van der Waals surface area contributed by atoms with Crippen LogP contribution in [0.15, 0.2) is 30.3 Å². The molecule has 0 saturated heterocycles. The van der Waals surface area contributed by atoms with Crippen LogP contribution in [0.4, 0.5) is 0 Å². The Labute approximate surface area is 106 Å². The molecule has 0 radical (unpaired) electrons. The predicted octanol–water partition coefficient (Wildman–Crippen LogP) is 2.07. The number of carbonyl (C=O) groups is 2. The summed E-state index contributed by atoms with van der Waals surface area (Å²) < 4.78 is 10.1. The van der Waals surface area contributed by atoms with Crippen LogP contribution in [0.3, 0.4) is 0 Å². The van der Waals surface area contributed by atoms with Crippen molar-refractivity contribution in [1.82, 2.24) is 0 Å². The normalized spacial score (nSPS) is 15.8. The Kier molecular flexibility index (Phi) is 3.65. The van der Waals surface area contributed by atoms with Crippen LogP contribution in [-0.2, 0) is 25.7 Å². The average Bonchev–Trinajstić information content (AvgIpc) is 3.19. The standard InChI is InChI=1S/C14H16O4/c1-2-17-12(15)14(8-9-14)13(16)18-10-11-6-4-3-5-7-11/h3-7H,2,8-10H2,1H3. The minimum Gasteiger partial charge on any atom is -0.465 e. The number of ether oxygens (including phenoxy) is 2. The maximum absolute atomic E-state index is 11.9. The van der Waals surface area contributed by atoms with E-state index in [0.29, 0.717) is 12.8 Å². The molecular weight excluding hydrogens is 232 g/mol. The van der Waals surface area contributed by atoms with Crippen LogP contribution < -0.4 is 0 Å². The quantitative estimate of drug-likeness (QED) is 0.591. The maximum Gasteiger partial charge on any atom is 0.323 e. The molecule has 1 saturated carbocycles. The molecule has 0 N–H and O–H groups in total. The van der Waals surface area contributed by atoms with E-state index in [1.165, 1.54) is 0 Å². The molecule has 2 rings (SSSR count). The molecular formula is C14H16O4. The van der Waals surface area contributed by atoms with Crippen molar-refractivity contribution in [3.63, 3.8) is 0 Å². The summed E-state index contributed by atoms with van der Waals surface area (Å²) in [6, 6.07) is 9.39. The van der Waals surface area contributed by atoms with E-state index in [-0.39, 0.29) is 13.2 Å². The Bertz CT molecular complexity index is 434.